The maximum Gasteiger partial charge on any atom is 0.303 e. The quantitative estimate of drug-likeness (QED) is 0.785. The second-order valence-electron chi connectivity index (χ2n) is 5.69. The van der Waals surface area contributed by atoms with E-state index in [2.05, 4.69) is 0 Å². The van der Waals surface area contributed by atoms with E-state index in [-0.39, 0.29) is 24.8 Å². The van der Waals surface area contributed by atoms with E-state index in [4.69, 9.17) is 5.11 Å². The second kappa shape index (κ2) is 5.15. The zero-order valence-electron chi connectivity index (χ0n) is 11.1. The summed E-state index contributed by atoms with van der Waals surface area (Å²) in [4.78, 5) is 36.0. The molecule has 1 saturated carbocycles. The van der Waals surface area contributed by atoms with Crippen molar-refractivity contribution in [2.45, 2.75) is 45.4 Å². The van der Waals surface area contributed by atoms with Gasteiger partial charge in [-0.3, -0.25) is 19.3 Å². The van der Waals surface area contributed by atoms with Gasteiger partial charge < -0.3 is 5.11 Å². The van der Waals surface area contributed by atoms with Gasteiger partial charge in [0.15, 0.2) is 0 Å². The Labute approximate surface area is 112 Å². The van der Waals surface area contributed by atoms with Crippen molar-refractivity contribution in [3.05, 3.63) is 11.6 Å². The van der Waals surface area contributed by atoms with E-state index < -0.39 is 11.4 Å². The lowest BCUT2D eigenvalue weighted by Gasteiger charge is -2.38. The molecule has 0 bridgehead atoms. The molecular weight excluding hydrogens is 246 g/mol. The molecule has 104 valence electrons. The van der Waals surface area contributed by atoms with Crippen LogP contribution in [0.25, 0.3) is 0 Å². The molecule has 5 nitrogen and oxygen atoms in total. The van der Waals surface area contributed by atoms with Gasteiger partial charge in [-0.1, -0.05) is 19.3 Å². The van der Waals surface area contributed by atoms with E-state index >= 15 is 0 Å². The van der Waals surface area contributed by atoms with Crippen LogP contribution < -0.4 is 0 Å². The molecule has 5 heteroatoms. The van der Waals surface area contributed by atoms with E-state index in [0.29, 0.717) is 5.57 Å². The zero-order chi connectivity index (χ0) is 14.0. The molecular formula is C14H19NO4. The lowest BCUT2D eigenvalue weighted by atomic mass is 9.71. The van der Waals surface area contributed by atoms with Gasteiger partial charge in [-0.25, -0.2) is 0 Å². The van der Waals surface area contributed by atoms with Crippen LogP contribution in [0.15, 0.2) is 11.6 Å². The minimum Gasteiger partial charge on any atom is -0.481 e. The van der Waals surface area contributed by atoms with Crippen LogP contribution in [-0.4, -0.2) is 34.3 Å². The fourth-order valence-electron chi connectivity index (χ4n) is 3.14. The standard InChI is InChI=1S/C14H19NO4/c1-10-7-11(16)15(13(10)19)9-14(8-12(17)18)5-3-2-4-6-14/h7H,2-6,8-9H2,1H3,(H,17,18). The fraction of sp³-hybridized carbons (Fsp3) is 0.643. The molecule has 1 heterocycles. The van der Waals surface area contributed by atoms with Crippen LogP contribution in [0.2, 0.25) is 0 Å². The van der Waals surface area contributed by atoms with Gasteiger partial charge in [0.25, 0.3) is 11.8 Å². The number of carbonyl (C=O) groups excluding carboxylic acids is 2. The zero-order valence-corrected chi connectivity index (χ0v) is 11.1. The summed E-state index contributed by atoms with van der Waals surface area (Å²) < 4.78 is 0. The van der Waals surface area contributed by atoms with Crippen LogP contribution in [0.3, 0.4) is 0 Å². The van der Waals surface area contributed by atoms with Gasteiger partial charge in [-0.15, -0.1) is 0 Å². The maximum atomic E-state index is 11.9. The summed E-state index contributed by atoms with van der Waals surface area (Å²) in [6.07, 6.45) is 5.94. The van der Waals surface area contributed by atoms with E-state index in [1.165, 1.54) is 11.0 Å². The van der Waals surface area contributed by atoms with Crippen LogP contribution in [0.5, 0.6) is 0 Å². The second-order valence-corrected chi connectivity index (χ2v) is 5.69. The first-order chi connectivity index (χ1) is 8.93. The van der Waals surface area contributed by atoms with Gasteiger partial charge in [0.05, 0.1) is 6.42 Å². The number of imide groups is 1. The van der Waals surface area contributed by atoms with Crippen LogP contribution >= 0.6 is 0 Å². The van der Waals surface area contributed by atoms with Gasteiger partial charge in [0, 0.05) is 18.2 Å². The van der Waals surface area contributed by atoms with Crippen molar-refractivity contribution in [2.24, 2.45) is 5.41 Å². The smallest absolute Gasteiger partial charge is 0.303 e. The van der Waals surface area contributed by atoms with Crippen molar-refractivity contribution >= 4 is 17.8 Å². The largest absolute Gasteiger partial charge is 0.481 e. The van der Waals surface area contributed by atoms with Crippen molar-refractivity contribution in [3.63, 3.8) is 0 Å². The summed E-state index contributed by atoms with van der Waals surface area (Å²) in [6.45, 7) is 1.86. The van der Waals surface area contributed by atoms with Crippen molar-refractivity contribution in [1.82, 2.24) is 4.90 Å². The summed E-state index contributed by atoms with van der Waals surface area (Å²) in [5.41, 5.74) is -0.000269. The molecule has 0 spiro atoms. The molecule has 1 N–H and O–H groups in total. The van der Waals surface area contributed by atoms with E-state index in [9.17, 15) is 14.4 Å². The Morgan fingerprint density at radius 3 is 2.42 bits per heavy atom. The lowest BCUT2D eigenvalue weighted by molar-refractivity contribution is -0.146. The highest BCUT2D eigenvalue weighted by Gasteiger charge is 2.40. The summed E-state index contributed by atoms with van der Waals surface area (Å²) >= 11 is 0. The van der Waals surface area contributed by atoms with Gasteiger partial charge in [-0.05, 0) is 25.2 Å². The number of aliphatic carboxylic acids is 1. The summed E-state index contributed by atoms with van der Waals surface area (Å²) in [6, 6.07) is 0. The molecule has 0 atom stereocenters. The Morgan fingerprint density at radius 2 is 1.95 bits per heavy atom. The van der Waals surface area contributed by atoms with Gasteiger partial charge >= 0.3 is 5.97 Å². The number of carbonyl (C=O) groups is 3. The van der Waals surface area contributed by atoms with Crippen molar-refractivity contribution in [3.8, 4) is 0 Å². The Morgan fingerprint density at radius 1 is 1.32 bits per heavy atom. The van der Waals surface area contributed by atoms with E-state index in [1.807, 2.05) is 0 Å². The monoisotopic (exact) mass is 265 g/mol. The Bertz CT molecular complexity index is 446. The van der Waals surface area contributed by atoms with Gasteiger partial charge in [-0.2, -0.15) is 0 Å². The first-order valence-electron chi connectivity index (χ1n) is 6.69. The summed E-state index contributed by atoms with van der Waals surface area (Å²) in [7, 11) is 0. The molecule has 0 radical (unpaired) electrons. The highest BCUT2D eigenvalue weighted by atomic mass is 16.4. The number of carboxylic acids is 1. The van der Waals surface area contributed by atoms with E-state index in [0.717, 1.165) is 32.1 Å². The Hall–Kier alpha value is -1.65. The molecule has 0 aromatic carbocycles. The molecule has 2 aliphatic rings. The van der Waals surface area contributed by atoms with Crippen molar-refractivity contribution in [1.29, 1.82) is 0 Å². The summed E-state index contributed by atoms with van der Waals surface area (Å²) in [5.74, 6) is -1.44. The van der Waals surface area contributed by atoms with Gasteiger partial charge in [0.2, 0.25) is 0 Å². The molecule has 1 aliphatic heterocycles. The predicted octanol–water partition coefficient (Wildman–Crippen LogP) is 1.73. The first-order valence-corrected chi connectivity index (χ1v) is 6.69. The predicted molar refractivity (Wildman–Crippen MR) is 68.2 cm³/mol. The van der Waals surface area contributed by atoms with Crippen molar-refractivity contribution in [2.75, 3.05) is 6.54 Å². The third-order valence-electron chi connectivity index (χ3n) is 4.12. The van der Waals surface area contributed by atoms with Crippen LogP contribution in [0.1, 0.15) is 45.4 Å². The topological polar surface area (TPSA) is 74.7 Å². The molecule has 2 rings (SSSR count). The lowest BCUT2D eigenvalue weighted by Crippen LogP contribution is -2.43. The Balaban J connectivity index is 2.15. The average molecular weight is 265 g/mol. The van der Waals surface area contributed by atoms with Gasteiger partial charge in [0.1, 0.15) is 0 Å². The van der Waals surface area contributed by atoms with Crippen LogP contribution in [0.4, 0.5) is 0 Å². The highest BCUT2D eigenvalue weighted by Crippen LogP contribution is 2.40. The number of rotatable bonds is 4. The number of hydrogen-bond acceptors (Lipinski definition) is 3. The normalized spacial score (nSPS) is 22.6. The minimum absolute atomic E-state index is 0.0309. The SMILES string of the molecule is CC1=CC(=O)N(CC2(CC(=O)O)CCCCC2)C1=O. The van der Waals surface area contributed by atoms with Crippen molar-refractivity contribution < 1.29 is 19.5 Å². The molecule has 1 fully saturated rings. The van der Waals surface area contributed by atoms with Crippen LogP contribution in [0, 0.1) is 5.41 Å². The molecule has 0 aromatic heterocycles. The molecule has 0 unspecified atom stereocenters. The maximum absolute atomic E-state index is 11.9. The molecule has 19 heavy (non-hydrogen) atoms. The fourth-order valence-corrected chi connectivity index (χ4v) is 3.14. The molecule has 2 amide bonds. The molecule has 0 saturated heterocycles. The third-order valence-corrected chi connectivity index (χ3v) is 4.12. The first kappa shape index (κ1) is 13.8. The number of carboxylic acid groups (broad SMARTS) is 1. The van der Waals surface area contributed by atoms with E-state index in [1.54, 1.807) is 6.92 Å². The Kier molecular flexibility index (Phi) is 3.73. The van der Waals surface area contributed by atoms with Crippen LogP contribution in [-0.2, 0) is 14.4 Å². The number of nitrogens with zero attached hydrogens (tertiary/aromatic N) is 1. The highest BCUT2D eigenvalue weighted by molar-refractivity contribution is 6.15. The average Bonchev–Trinajstić information content (AvgIpc) is 2.56. The molecule has 1 aliphatic carbocycles. The summed E-state index contributed by atoms with van der Waals surface area (Å²) in [5, 5.41) is 9.09. The number of amides is 2. The molecule has 0 aromatic rings. The minimum atomic E-state index is -0.856. The number of hydrogen-bond donors (Lipinski definition) is 1. The third kappa shape index (κ3) is 2.85.